The van der Waals surface area contributed by atoms with Gasteiger partial charge in [0.25, 0.3) is 5.92 Å². The molecule has 1 amide bonds. The van der Waals surface area contributed by atoms with Crippen LogP contribution in [0, 0.1) is 0 Å². The van der Waals surface area contributed by atoms with Crippen molar-refractivity contribution in [2.24, 2.45) is 0 Å². The normalized spacial score (nSPS) is 21.3. The van der Waals surface area contributed by atoms with Crippen molar-refractivity contribution in [3.05, 3.63) is 35.9 Å². The fourth-order valence-electron chi connectivity index (χ4n) is 4.65. The van der Waals surface area contributed by atoms with Crippen molar-refractivity contribution < 1.29 is 46.8 Å². The molecule has 0 aromatic heterocycles. The number of hydrogen-bond acceptors (Lipinski definition) is 8. The van der Waals surface area contributed by atoms with E-state index in [4.69, 9.17) is 28.4 Å². The van der Waals surface area contributed by atoms with Gasteiger partial charge in [-0.3, -0.25) is 0 Å². The summed E-state index contributed by atoms with van der Waals surface area (Å²) in [7, 11) is 0. The van der Waals surface area contributed by atoms with Crippen LogP contribution < -0.4 is 5.32 Å². The zero-order chi connectivity index (χ0) is 31.5. The van der Waals surface area contributed by atoms with Crippen LogP contribution in [0.2, 0.25) is 0 Å². The third-order valence-electron chi connectivity index (χ3n) is 7.10. The first-order valence-corrected chi connectivity index (χ1v) is 15.7. The van der Waals surface area contributed by atoms with Crippen LogP contribution in [0.1, 0.15) is 84.6 Å². The molecule has 1 aromatic rings. The molecule has 9 nitrogen and oxygen atoms in total. The summed E-state index contributed by atoms with van der Waals surface area (Å²) >= 11 is 0. The van der Waals surface area contributed by atoms with Gasteiger partial charge in [0.2, 0.25) is 0 Å². The average Bonchev–Trinajstić information content (AvgIpc) is 2.99. The molecule has 5 atom stereocenters. The maximum Gasteiger partial charge on any atom is 0.408 e. The number of ether oxygens (including phenoxy) is 6. The minimum absolute atomic E-state index is 0.0388. The quantitative estimate of drug-likeness (QED) is 0.129. The van der Waals surface area contributed by atoms with Crippen LogP contribution in [0.4, 0.5) is 13.6 Å². The molecule has 43 heavy (non-hydrogen) atoms. The number of alkyl halides is 2. The van der Waals surface area contributed by atoms with E-state index in [9.17, 15) is 9.59 Å². The molecule has 0 spiro atoms. The third kappa shape index (κ3) is 13.5. The number of alkyl carbamates (subject to hydrolysis) is 1. The van der Waals surface area contributed by atoms with Crippen molar-refractivity contribution >= 4 is 12.1 Å². The molecule has 0 unspecified atom stereocenters. The first-order valence-electron chi connectivity index (χ1n) is 15.7. The maximum absolute atomic E-state index is 16.0. The summed E-state index contributed by atoms with van der Waals surface area (Å²) in [5.41, 5.74) is 0.711. The molecule has 246 valence electrons. The SMILES string of the molecule is CCCCOC[C@H]1O[C@H](C(F)(F)C[C@H](NC(=O)OCc2ccccc2)C(=O)OCC)C[C@@H](OCCCC)[C@H]1OCCCC. The number of carbonyl (C=O) groups is 2. The Kier molecular flexibility index (Phi) is 17.6. The summed E-state index contributed by atoms with van der Waals surface area (Å²) in [6.07, 6.45) is -0.666. The van der Waals surface area contributed by atoms with Gasteiger partial charge in [-0.2, -0.15) is 0 Å². The molecule has 0 aliphatic carbocycles. The van der Waals surface area contributed by atoms with E-state index in [0.717, 1.165) is 38.5 Å². The van der Waals surface area contributed by atoms with E-state index >= 15 is 8.78 Å². The summed E-state index contributed by atoms with van der Waals surface area (Å²) in [5, 5.41) is 2.27. The highest BCUT2D eigenvalue weighted by atomic mass is 19.3. The molecule has 1 heterocycles. The van der Waals surface area contributed by atoms with Gasteiger partial charge in [0.15, 0.2) is 0 Å². The van der Waals surface area contributed by atoms with Crippen LogP contribution in [0.3, 0.4) is 0 Å². The summed E-state index contributed by atoms with van der Waals surface area (Å²) in [6.45, 7) is 8.94. The summed E-state index contributed by atoms with van der Waals surface area (Å²) in [6, 6.07) is 7.24. The standard InChI is InChI=1S/C32H51F2NO8/c1-5-9-17-38-23-27-29(41-19-11-7-3)26(40-18-10-6-2)20-28(43-27)32(33,34)21-25(30(36)39-8-4)35-31(37)42-22-24-15-13-12-14-16-24/h12-16,25-29H,5-11,17-23H2,1-4H3,(H,35,37)/t25-,26+,27+,28-,29+/m0/s1. The van der Waals surface area contributed by atoms with E-state index in [1.54, 1.807) is 31.2 Å². The monoisotopic (exact) mass is 615 g/mol. The molecular formula is C32H51F2NO8. The molecule has 1 saturated heterocycles. The van der Waals surface area contributed by atoms with Crippen molar-refractivity contribution in [1.29, 1.82) is 0 Å². The minimum Gasteiger partial charge on any atom is -0.464 e. The Bertz CT molecular complexity index is 907. The summed E-state index contributed by atoms with van der Waals surface area (Å²) < 4.78 is 66.2. The van der Waals surface area contributed by atoms with Crippen LogP contribution >= 0.6 is 0 Å². The molecule has 1 aliphatic heterocycles. The van der Waals surface area contributed by atoms with Gasteiger partial charge in [-0.05, 0) is 31.7 Å². The third-order valence-corrected chi connectivity index (χ3v) is 7.10. The van der Waals surface area contributed by atoms with E-state index in [1.165, 1.54) is 0 Å². The van der Waals surface area contributed by atoms with Crippen LogP contribution in [0.25, 0.3) is 0 Å². The number of unbranched alkanes of at least 4 members (excludes halogenated alkanes) is 3. The van der Waals surface area contributed by atoms with Gasteiger partial charge >= 0.3 is 12.1 Å². The molecule has 1 aromatic carbocycles. The van der Waals surface area contributed by atoms with Crippen molar-refractivity contribution in [2.75, 3.05) is 33.0 Å². The highest BCUT2D eigenvalue weighted by Crippen LogP contribution is 2.37. The second-order valence-corrected chi connectivity index (χ2v) is 10.8. The van der Waals surface area contributed by atoms with Crippen LogP contribution in [0.5, 0.6) is 0 Å². The predicted octanol–water partition coefficient (Wildman–Crippen LogP) is 6.21. The number of benzene rings is 1. The number of esters is 1. The molecule has 0 bridgehead atoms. The largest absolute Gasteiger partial charge is 0.464 e. The molecule has 0 radical (unpaired) electrons. The molecule has 2 rings (SSSR count). The van der Waals surface area contributed by atoms with Gasteiger partial charge in [0.05, 0.1) is 19.3 Å². The fourth-order valence-corrected chi connectivity index (χ4v) is 4.65. The van der Waals surface area contributed by atoms with Crippen LogP contribution in [-0.2, 0) is 39.8 Å². The van der Waals surface area contributed by atoms with Crippen molar-refractivity contribution in [1.82, 2.24) is 5.32 Å². The number of rotatable bonds is 21. The van der Waals surface area contributed by atoms with E-state index in [2.05, 4.69) is 5.32 Å². The first-order chi connectivity index (χ1) is 20.7. The Morgan fingerprint density at radius 1 is 0.953 bits per heavy atom. The molecule has 1 fully saturated rings. The smallest absolute Gasteiger partial charge is 0.408 e. The zero-order valence-corrected chi connectivity index (χ0v) is 26.2. The lowest BCUT2D eigenvalue weighted by Gasteiger charge is -2.44. The van der Waals surface area contributed by atoms with Gasteiger partial charge in [0, 0.05) is 32.7 Å². The second kappa shape index (κ2) is 20.6. The predicted molar refractivity (Wildman–Crippen MR) is 158 cm³/mol. The number of amides is 1. The molecule has 0 saturated carbocycles. The number of halogens is 2. The molecule has 1 N–H and O–H groups in total. The Labute approximate surface area is 255 Å². The number of carbonyl (C=O) groups excluding carboxylic acids is 2. The summed E-state index contributed by atoms with van der Waals surface area (Å²) in [5.74, 6) is -4.52. The van der Waals surface area contributed by atoms with E-state index in [-0.39, 0.29) is 26.2 Å². The van der Waals surface area contributed by atoms with Gasteiger partial charge < -0.3 is 33.7 Å². The maximum atomic E-state index is 16.0. The Balaban J connectivity index is 2.20. The van der Waals surface area contributed by atoms with Gasteiger partial charge in [-0.15, -0.1) is 0 Å². The van der Waals surface area contributed by atoms with Crippen molar-refractivity contribution in [3.63, 3.8) is 0 Å². The van der Waals surface area contributed by atoms with Crippen LogP contribution in [0.15, 0.2) is 30.3 Å². The summed E-state index contributed by atoms with van der Waals surface area (Å²) in [4.78, 5) is 25.2. The fraction of sp³-hybridized carbons (Fsp3) is 0.750. The van der Waals surface area contributed by atoms with E-state index in [0.29, 0.717) is 25.4 Å². The lowest BCUT2D eigenvalue weighted by atomic mass is 9.91. The Morgan fingerprint density at radius 2 is 1.60 bits per heavy atom. The zero-order valence-electron chi connectivity index (χ0n) is 26.2. The number of hydrogen-bond donors (Lipinski definition) is 1. The van der Waals surface area contributed by atoms with Gasteiger partial charge in [-0.1, -0.05) is 70.4 Å². The molecule has 1 aliphatic rings. The lowest BCUT2D eigenvalue weighted by Crippen LogP contribution is -2.58. The van der Waals surface area contributed by atoms with Crippen molar-refractivity contribution in [3.8, 4) is 0 Å². The Hall–Kier alpha value is -2.34. The Morgan fingerprint density at radius 3 is 2.26 bits per heavy atom. The topological polar surface area (TPSA) is 102 Å². The van der Waals surface area contributed by atoms with Gasteiger partial charge in [-0.25, -0.2) is 18.4 Å². The highest BCUT2D eigenvalue weighted by Gasteiger charge is 2.52. The van der Waals surface area contributed by atoms with Crippen LogP contribution in [-0.4, -0.2) is 81.5 Å². The number of nitrogens with one attached hydrogen (secondary N) is 1. The van der Waals surface area contributed by atoms with E-state index in [1.807, 2.05) is 26.8 Å². The van der Waals surface area contributed by atoms with Gasteiger partial charge in [0.1, 0.15) is 31.0 Å². The molecular weight excluding hydrogens is 564 g/mol. The average molecular weight is 616 g/mol. The highest BCUT2D eigenvalue weighted by molar-refractivity contribution is 5.81. The first kappa shape index (κ1) is 36.8. The van der Waals surface area contributed by atoms with E-state index < -0.39 is 54.9 Å². The lowest BCUT2D eigenvalue weighted by molar-refractivity contribution is -0.260. The minimum atomic E-state index is -3.54. The second-order valence-electron chi connectivity index (χ2n) is 10.8. The van der Waals surface area contributed by atoms with Crippen molar-refractivity contribution in [2.45, 2.75) is 122 Å². The molecule has 11 heteroatoms.